The minimum Gasteiger partial charge on any atom is -0.465 e. The van der Waals surface area contributed by atoms with Gasteiger partial charge in [0.05, 0.1) is 18.6 Å². The van der Waals surface area contributed by atoms with Crippen molar-refractivity contribution in [2.24, 2.45) is 5.41 Å². The molecule has 0 fully saturated rings. The lowest BCUT2D eigenvalue weighted by Crippen LogP contribution is -2.39. The molecule has 0 aliphatic rings. The molecule has 0 amide bonds. The van der Waals surface area contributed by atoms with Crippen LogP contribution in [-0.4, -0.2) is 41.8 Å². The predicted octanol–water partition coefficient (Wildman–Crippen LogP) is -0.110. The van der Waals surface area contributed by atoms with Gasteiger partial charge in [0.2, 0.25) is 0 Å². The van der Waals surface area contributed by atoms with Crippen molar-refractivity contribution in [1.82, 2.24) is 0 Å². The average Bonchev–Trinajstić information content (AvgIpc) is 2.16. The third-order valence-corrected chi connectivity index (χ3v) is 2.19. The average molecular weight is 218 g/mol. The number of hydrogen-bond donors (Lipinski definition) is 2. The van der Waals surface area contributed by atoms with E-state index < -0.39 is 18.0 Å². The summed E-state index contributed by atoms with van der Waals surface area (Å²) in [6, 6.07) is 0. The smallest absolute Gasteiger partial charge is 0.314 e. The minimum absolute atomic E-state index is 0.0297. The van der Waals surface area contributed by atoms with E-state index in [0.717, 1.165) is 0 Å². The number of aliphatic hydroxyl groups excluding tert-OH is 2. The SMILES string of the molecule is CCOC(=O)C(CO)(CCO)CC(C)=O. The molecule has 1 unspecified atom stereocenters. The topological polar surface area (TPSA) is 83.8 Å². The van der Waals surface area contributed by atoms with E-state index in [2.05, 4.69) is 0 Å². The van der Waals surface area contributed by atoms with Crippen LogP contribution in [0.15, 0.2) is 0 Å². The zero-order valence-electron chi connectivity index (χ0n) is 9.15. The summed E-state index contributed by atoms with van der Waals surface area (Å²) in [6.45, 7) is 2.40. The van der Waals surface area contributed by atoms with Gasteiger partial charge in [-0.25, -0.2) is 0 Å². The van der Waals surface area contributed by atoms with Crippen LogP contribution in [-0.2, 0) is 14.3 Å². The molecule has 0 saturated heterocycles. The second-order valence-corrected chi connectivity index (χ2v) is 3.51. The van der Waals surface area contributed by atoms with Crippen molar-refractivity contribution < 1.29 is 24.5 Å². The van der Waals surface area contributed by atoms with Gasteiger partial charge in [-0.05, 0) is 20.3 Å². The second kappa shape index (κ2) is 6.53. The van der Waals surface area contributed by atoms with E-state index in [4.69, 9.17) is 9.84 Å². The van der Waals surface area contributed by atoms with E-state index in [0.29, 0.717) is 0 Å². The number of esters is 1. The highest BCUT2D eigenvalue weighted by atomic mass is 16.5. The number of hydrogen-bond acceptors (Lipinski definition) is 5. The number of carbonyl (C=O) groups excluding carboxylic acids is 2. The highest BCUT2D eigenvalue weighted by Crippen LogP contribution is 2.28. The number of aliphatic hydroxyl groups is 2. The first-order chi connectivity index (χ1) is 7.02. The number of ketones is 1. The third kappa shape index (κ3) is 3.97. The van der Waals surface area contributed by atoms with Gasteiger partial charge >= 0.3 is 5.97 Å². The van der Waals surface area contributed by atoms with Crippen molar-refractivity contribution >= 4 is 11.8 Å². The molecular formula is C10H18O5. The Balaban J connectivity index is 4.77. The lowest BCUT2D eigenvalue weighted by Gasteiger charge is -2.27. The number of rotatable bonds is 7. The molecule has 5 nitrogen and oxygen atoms in total. The molecule has 88 valence electrons. The Morgan fingerprint density at radius 3 is 2.27 bits per heavy atom. The van der Waals surface area contributed by atoms with Crippen LogP contribution < -0.4 is 0 Å². The van der Waals surface area contributed by atoms with Crippen LogP contribution in [0.2, 0.25) is 0 Å². The fraction of sp³-hybridized carbons (Fsp3) is 0.800. The van der Waals surface area contributed by atoms with Gasteiger partial charge in [-0.2, -0.15) is 0 Å². The molecule has 0 rings (SSSR count). The summed E-state index contributed by atoms with van der Waals surface area (Å²) in [5, 5.41) is 18.0. The minimum atomic E-state index is -1.28. The molecule has 0 aromatic carbocycles. The Labute approximate surface area is 89.0 Å². The van der Waals surface area contributed by atoms with Crippen molar-refractivity contribution in [1.29, 1.82) is 0 Å². The zero-order valence-corrected chi connectivity index (χ0v) is 9.15. The Morgan fingerprint density at radius 1 is 1.33 bits per heavy atom. The summed E-state index contributed by atoms with van der Waals surface area (Å²) in [4.78, 5) is 22.6. The summed E-state index contributed by atoms with van der Waals surface area (Å²) in [5.74, 6) is -0.845. The summed E-state index contributed by atoms with van der Waals surface area (Å²) < 4.78 is 4.79. The van der Waals surface area contributed by atoms with Crippen LogP contribution in [0.3, 0.4) is 0 Å². The van der Waals surface area contributed by atoms with E-state index in [-0.39, 0.29) is 31.8 Å². The lowest BCUT2D eigenvalue weighted by atomic mass is 9.81. The third-order valence-electron chi connectivity index (χ3n) is 2.19. The van der Waals surface area contributed by atoms with Crippen LogP contribution in [0.25, 0.3) is 0 Å². The summed E-state index contributed by atoms with van der Waals surface area (Å²) >= 11 is 0. The van der Waals surface area contributed by atoms with Gasteiger partial charge in [0.15, 0.2) is 0 Å². The highest BCUT2D eigenvalue weighted by Gasteiger charge is 2.40. The number of ether oxygens (including phenoxy) is 1. The molecule has 0 aromatic rings. The second-order valence-electron chi connectivity index (χ2n) is 3.51. The number of Topliss-reactive ketones (excluding diaryl/α,β-unsaturated/α-hetero) is 1. The van der Waals surface area contributed by atoms with Crippen molar-refractivity contribution in [2.45, 2.75) is 26.7 Å². The Kier molecular flexibility index (Phi) is 6.12. The molecule has 2 N–H and O–H groups in total. The Morgan fingerprint density at radius 2 is 1.93 bits per heavy atom. The summed E-state index contributed by atoms with van der Waals surface area (Å²) in [7, 11) is 0. The Hall–Kier alpha value is -0.940. The molecule has 0 aromatic heterocycles. The van der Waals surface area contributed by atoms with E-state index in [9.17, 15) is 14.7 Å². The maximum Gasteiger partial charge on any atom is 0.314 e. The summed E-state index contributed by atoms with van der Waals surface area (Å²) in [6.07, 6.45) is -0.0786. The quantitative estimate of drug-likeness (QED) is 0.582. The molecule has 0 saturated carbocycles. The van der Waals surface area contributed by atoms with Crippen LogP contribution in [0.1, 0.15) is 26.7 Å². The summed E-state index contributed by atoms with van der Waals surface area (Å²) in [5.41, 5.74) is -1.28. The molecule has 0 heterocycles. The van der Waals surface area contributed by atoms with Crippen molar-refractivity contribution in [3.8, 4) is 0 Å². The van der Waals surface area contributed by atoms with Crippen LogP contribution in [0.5, 0.6) is 0 Å². The van der Waals surface area contributed by atoms with Crippen LogP contribution in [0, 0.1) is 5.41 Å². The number of carbonyl (C=O) groups is 2. The maximum absolute atomic E-state index is 11.6. The molecule has 0 radical (unpaired) electrons. The fourth-order valence-electron chi connectivity index (χ4n) is 1.44. The van der Waals surface area contributed by atoms with Crippen molar-refractivity contribution in [2.75, 3.05) is 19.8 Å². The first-order valence-electron chi connectivity index (χ1n) is 4.90. The molecule has 0 bridgehead atoms. The van der Waals surface area contributed by atoms with E-state index in [1.54, 1.807) is 6.92 Å². The predicted molar refractivity (Wildman–Crippen MR) is 53.2 cm³/mol. The zero-order chi connectivity index (χ0) is 11.9. The molecule has 15 heavy (non-hydrogen) atoms. The normalized spacial score (nSPS) is 14.4. The van der Waals surface area contributed by atoms with E-state index in [1.807, 2.05) is 0 Å². The van der Waals surface area contributed by atoms with Gasteiger partial charge in [0, 0.05) is 13.0 Å². The van der Waals surface area contributed by atoms with Crippen LogP contribution >= 0.6 is 0 Å². The lowest BCUT2D eigenvalue weighted by molar-refractivity contribution is -0.161. The van der Waals surface area contributed by atoms with E-state index >= 15 is 0 Å². The van der Waals surface area contributed by atoms with Gasteiger partial charge in [-0.3, -0.25) is 9.59 Å². The first-order valence-corrected chi connectivity index (χ1v) is 4.90. The van der Waals surface area contributed by atoms with Gasteiger partial charge in [0.25, 0.3) is 0 Å². The van der Waals surface area contributed by atoms with Crippen molar-refractivity contribution in [3.05, 3.63) is 0 Å². The molecule has 0 aliphatic heterocycles. The van der Waals surface area contributed by atoms with E-state index in [1.165, 1.54) is 6.92 Å². The molecule has 5 heteroatoms. The molecular weight excluding hydrogens is 200 g/mol. The Bertz CT molecular complexity index is 226. The van der Waals surface area contributed by atoms with Gasteiger partial charge in [-0.1, -0.05) is 0 Å². The molecule has 1 atom stereocenters. The van der Waals surface area contributed by atoms with Gasteiger partial charge in [-0.15, -0.1) is 0 Å². The molecule has 0 aliphatic carbocycles. The first kappa shape index (κ1) is 14.1. The van der Waals surface area contributed by atoms with Gasteiger partial charge in [0.1, 0.15) is 5.78 Å². The fourth-order valence-corrected chi connectivity index (χ4v) is 1.44. The van der Waals surface area contributed by atoms with Crippen LogP contribution in [0.4, 0.5) is 0 Å². The largest absolute Gasteiger partial charge is 0.465 e. The standard InChI is InChI=1S/C10H18O5/c1-3-15-9(14)10(7-12,4-5-11)6-8(2)13/h11-12H,3-7H2,1-2H3. The maximum atomic E-state index is 11.6. The monoisotopic (exact) mass is 218 g/mol. The molecule has 0 spiro atoms. The highest BCUT2D eigenvalue weighted by molar-refractivity contribution is 5.85. The van der Waals surface area contributed by atoms with Crippen molar-refractivity contribution in [3.63, 3.8) is 0 Å². The van der Waals surface area contributed by atoms with Gasteiger partial charge < -0.3 is 14.9 Å².